The van der Waals surface area contributed by atoms with Crippen LogP contribution in [0.25, 0.3) is 0 Å². The van der Waals surface area contributed by atoms with Crippen LogP contribution in [0, 0.1) is 5.82 Å². The molecular weight excluding hydrogens is 449 g/mol. The summed E-state index contributed by atoms with van der Waals surface area (Å²) in [5.41, 5.74) is 4.11. The maximum atomic E-state index is 13.0. The molecule has 0 bridgehead atoms. The quantitative estimate of drug-likeness (QED) is 0.319. The van der Waals surface area contributed by atoms with E-state index in [2.05, 4.69) is 31.4 Å². The highest BCUT2D eigenvalue weighted by Gasteiger charge is 2.09. The van der Waals surface area contributed by atoms with Gasteiger partial charge in [-0.15, -0.1) is 0 Å². The minimum absolute atomic E-state index is 0.0981. The lowest BCUT2D eigenvalue weighted by atomic mass is 10.2. The Morgan fingerprint density at radius 3 is 2.79 bits per heavy atom. The van der Waals surface area contributed by atoms with E-state index in [9.17, 15) is 9.18 Å². The zero-order chi connectivity index (χ0) is 19.9. The first-order valence-electron chi connectivity index (χ1n) is 8.13. The predicted octanol–water partition coefficient (Wildman–Crippen LogP) is 4.98. The minimum atomic E-state index is -0.474. The van der Waals surface area contributed by atoms with Crippen molar-refractivity contribution in [3.05, 3.63) is 92.9 Å². The Morgan fingerprint density at radius 1 is 1.25 bits per heavy atom. The topological polar surface area (TPSA) is 63.6 Å². The monoisotopic (exact) mass is 461 g/mol. The van der Waals surface area contributed by atoms with E-state index in [1.807, 2.05) is 6.07 Å². The number of nitrogens with one attached hydrogen (secondary N) is 1. The summed E-state index contributed by atoms with van der Waals surface area (Å²) in [6, 6.07) is 14.6. The number of hydrazone groups is 1. The smallest absolute Gasteiger partial charge is 0.274 e. The predicted molar refractivity (Wildman–Crippen MR) is 109 cm³/mol. The van der Waals surface area contributed by atoms with Gasteiger partial charge in [-0.1, -0.05) is 39.7 Å². The van der Waals surface area contributed by atoms with E-state index in [1.165, 1.54) is 24.5 Å². The van der Waals surface area contributed by atoms with Gasteiger partial charge >= 0.3 is 0 Å². The molecule has 1 N–H and O–H groups in total. The van der Waals surface area contributed by atoms with Crippen LogP contribution in [0.2, 0.25) is 5.15 Å². The molecule has 0 aliphatic rings. The Hall–Kier alpha value is -2.77. The number of ether oxygens (including phenoxy) is 1. The van der Waals surface area contributed by atoms with Crippen LogP contribution in [0.5, 0.6) is 5.75 Å². The molecule has 0 unspecified atom stereocenters. The number of hydrogen-bond donors (Lipinski definition) is 1. The van der Waals surface area contributed by atoms with Gasteiger partial charge in [0.15, 0.2) is 0 Å². The van der Waals surface area contributed by atoms with Crippen molar-refractivity contribution < 1.29 is 13.9 Å². The second kappa shape index (κ2) is 9.43. The first-order valence-corrected chi connectivity index (χ1v) is 9.31. The van der Waals surface area contributed by atoms with E-state index in [-0.39, 0.29) is 23.1 Å². The van der Waals surface area contributed by atoms with Crippen LogP contribution in [0.4, 0.5) is 4.39 Å². The molecule has 8 heteroatoms. The molecule has 0 aliphatic heterocycles. The van der Waals surface area contributed by atoms with E-state index in [0.29, 0.717) is 11.3 Å². The molecule has 1 aromatic heterocycles. The number of amides is 1. The number of carbonyl (C=O) groups is 1. The fourth-order valence-corrected chi connectivity index (χ4v) is 2.85. The van der Waals surface area contributed by atoms with Crippen molar-refractivity contribution >= 4 is 39.7 Å². The van der Waals surface area contributed by atoms with Gasteiger partial charge in [-0.05, 0) is 48.0 Å². The number of halogens is 3. The average Bonchev–Trinajstić information content (AvgIpc) is 2.69. The van der Waals surface area contributed by atoms with Gasteiger partial charge < -0.3 is 4.74 Å². The zero-order valence-electron chi connectivity index (χ0n) is 14.4. The fourth-order valence-electron chi connectivity index (χ4n) is 2.27. The largest absolute Gasteiger partial charge is 0.488 e. The zero-order valence-corrected chi connectivity index (χ0v) is 16.7. The van der Waals surface area contributed by atoms with Crippen molar-refractivity contribution in [1.29, 1.82) is 0 Å². The van der Waals surface area contributed by atoms with Crippen LogP contribution in [-0.4, -0.2) is 17.1 Å². The molecule has 0 radical (unpaired) electrons. The molecule has 5 nitrogen and oxygen atoms in total. The highest BCUT2D eigenvalue weighted by molar-refractivity contribution is 9.10. The molecule has 1 amide bonds. The third kappa shape index (κ3) is 5.37. The summed E-state index contributed by atoms with van der Waals surface area (Å²) in [6.07, 6.45) is 2.96. The SMILES string of the molecule is O=C(NN=Cc1cc(Br)ccc1OCc1ccc(F)cc1)c1cccnc1Cl. The van der Waals surface area contributed by atoms with Crippen LogP contribution in [-0.2, 0) is 6.61 Å². The van der Waals surface area contributed by atoms with Gasteiger partial charge in [-0.25, -0.2) is 14.8 Å². The van der Waals surface area contributed by atoms with Crippen molar-refractivity contribution in [2.75, 3.05) is 0 Å². The van der Waals surface area contributed by atoms with E-state index in [0.717, 1.165) is 10.0 Å². The molecule has 0 aliphatic carbocycles. The van der Waals surface area contributed by atoms with Crippen molar-refractivity contribution in [3.63, 3.8) is 0 Å². The van der Waals surface area contributed by atoms with Crippen molar-refractivity contribution in [2.45, 2.75) is 6.61 Å². The minimum Gasteiger partial charge on any atom is -0.488 e. The van der Waals surface area contributed by atoms with E-state index in [4.69, 9.17) is 16.3 Å². The van der Waals surface area contributed by atoms with Crippen molar-refractivity contribution in [1.82, 2.24) is 10.4 Å². The normalized spacial score (nSPS) is 10.8. The van der Waals surface area contributed by atoms with Crippen LogP contribution >= 0.6 is 27.5 Å². The van der Waals surface area contributed by atoms with Crippen LogP contribution < -0.4 is 10.2 Å². The van der Waals surface area contributed by atoms with Crippen molar-refractivity contribution in [3.8, 4) is 5.75 Å². The summed E-state index contributed by atoms with van der Waals surface area (Å²) in [5.74, 6) is -0.215. The van der Waals surface area contributed by atoms with Crippen LogP contribution in [0.15, 0.2) is 70.4 Å². The van der Waals surface area contributed by atoms with Gasteiger partial charge in [0, 0.05) is 16.2 Å². The lowest BCUT2D eigenvalue weighted by Crippen LogP contribution is -2.18. The van der Waals surface area contributed by atoms with Crippen molar-refractivity contribution in [2.24, 2.45) is 5.10 Å². The molecule has 0 fully saturated rings. The molecule has 2 aromatic carbocycles. The molecular formula is C20H14BrClFN3O2. The Kier molecular flexibility index (Phi) is 6.73. The summed E-state index contributed by atoms with van der Waals surface area (Å²) in [7, 11) is 0. The summed E-state index contributed by atoms with van der Waals surface area (Å²) in [5, 5.41) is 4.06. The van der Waals surface area contributed by atoms with Crippen LogP contribution in [0.3, 0.4) is 0 Å². The summed E-state index contributed by atoms with van der Waals surface area (Å²) in [6.45, 7) is 0.264. The number of carbonyl (C=O) groups excluding carboxylic acids is 1. The molecule has 28 heavy (non-hydrogen) atoms. The molecule has 3 rings (SSSR count). The van der Waals surface area contributed by atoms with E-state index >= 15 is 0 Å². The van der Waals surface area contributed by atoms with E-state index in [1.54, 1.807) is 36.4 Å². The molecule has 0 atom stereocenters. The molecule has 142 valence electrons. The lowest BCUT2D eigenvalue weighted by Gasteiger charge is -2.10. The van der Waals surface area contributed by atoms with Gasteiger partial charge in [0.1, 0.15) is 23.3 Å². The van der Waals surface area contributed by atoms with Gasteiger partial charge in [-0.3, -0.25) is 4.79 Å². The molecule has 1 heterocycles. The number of nitrogens with zero attached hydrogens (tertiary/aromatic N) is 2. The van der Waals surface area contributed by atoms with Gasteiger partial charge in [0.05, 0.1) is 11.8 Å². The van der Waals surface area contributed by atoms with Gasteiger partial charge in [0.2, 0.25) is 0 Å². The van der Waals surface area contributed by atoms with Gasteiger partial charge in [0.25, 0.3) is 5.91 Å². The third-order valence-corrected chi connectivity index (χ3v) is 4.45. The Morgan fingerprint density at radius 2 is 2.04 bits per heavy atom. The number of benzene rings is 2. The maximum absolute atomic E-state index is 13.0. The Balaban J connectivity index is 1.69. The number of pyridine rings is 1. The standard InChI is InChI=1S/C20H14BrClFN3O2/c21-15-5-8-18(28-12-13-3-6-16(23)7-4-13)14(10-15)11-25-26-20(27)17-2-1-9-24-19(17)22/h1-11H,12H2,(H,26,27). The summed E-state index contributed by atoms with van der Waals surface area (Å²) < 4.78 is 19.6. The second-order valence-corrected chi connectivity index (χ2v) is 6.91. The Bertz CT molecular complexity index is 1010. The summed E-state index contributed by atoms with van der Waals surface area (Å²) >= 11 is 9.29. The van der Waals surface area contributed by atoms with Gasteiger partial charge in [-0.2, -0.15) is 5.10 Å². The van der Waals surface area contributed by atoms with E-state index < -0.39 is 5.91 Å². The summed E-state index contributed by atoms with van der Waals surface area (Å²) in [4.78, 5) is 16.0. The number of rotatable bonds is 6. The molecule has 0 spiro atoms. The maximum Gasteiger partial charge on any atom is 0.274 e. The average molecular weight is 463 g/mol. The number of aromatic nitrogens is 1. The Labute approximate surface area is 174 Å². The number of hydrogen-bond acceptors (Lipinski definition) is 4. The molecule has 0 saturated carbocycles. The first-order chi connectivity index (χ1) is 13.5. The lowest BCUT2D eigenvalue weighted by molar-refractivity contribution is 0.0955. The molecule has 0 saturated heterocycles. The third-order valence-electron chi connectivity index (χ3n) is 3.65. The van der Waals surface area contributed by atoms with Crippen LogP contribution in [0.1, 0.15) is 21.5 Å². The fraction of sp³-hybridized carbons (Fsp3) is 0.0500. The molecule has 3 aromatic rings. The second-order valence-electron chi connectivity index (χ2n) is 5.64. The highest BCUT2D eigenvalue weighted by Crippen LogP contribution is 2.23. The highest BCUT2D eigenvalue weighted by atomic mass is 79.9. The first kappa shape index (κ1) is 20.0.